The van der Waals surface area contributed by atoms with E-state index >= 15 is 0 Å². The molecule has 7 aromatic rings. The monoisotopic (exact) mass is 701 g/mol. The Balaban J connectivity index is 1.20. The number of amidine groups is 1. The van der Waals surface area contributed by atoms with Gasteiger partial charge < -0.3 is 4.42 Å². The van der Waals surface area contributed by atoms with E-state index in [1.807, 2.05) is 37.3 Å². The van der Waals surface area contributed by atoms with Crippen LogP contribution in [0.15, 0.2) is 178 Å². The highest BCUT2D eigenvalue weighted by Crippen LogP contribution is 2.44. The van der Waals surface area contributed by atoms with Crippen LogP contribution in [0.1, 0.15) is 37.0 Å². The predicted octanol–water partition coefficient (Wildman–Crippen LogP) is 12.4. The number of allylic oxidation sites excluding steroid dienone is 8. The van der Waals surface area contributed by atoms with Crippen LogP contribution in [-0.2, 0) is 6.54 Å². The first-order chi connectivity index (χ1) is 26.7. The number of fused-ring (bicyclic) bond motifs is 7. The van der Waals surface area contributed by atoms with Gasteiger partial charge in [0.05, 0.1) is 23.3 Å². The number of imidazole rings is 1. The van der Waals surface area contributed by atoms with E-state index in [-0.39, 0.29) is 5.92 Å². The highest BCUT2D eigenvalue weighted by atomic mass is 16.3. The van der Waals surface area contributed by atoms with Gasteiger partial charge in [0.15, 0.2) is 0 Å². The van der Waals surface area contributed by atoms with Crippen molar-refractivity contribution in [3.8, 4) is 0 Å². The molecule has 1 atom stereocenters. The zero-order valence-electron chi connectivity index (χ0n) is 30.3. The second-order valence-corrected chi connectivity index (χ2v) is 13.6. The van der Waals surface area contributed by atoms with E-state index in [0.717, 1.165) is 90.7 Å². The van der Waals surface area contributed by atoms with Gasteiger partial charge in [0.25, 0.3) is 0 Å². The Morgan fingerprint density at radius 2 is 1.72 bits per heavy atom. The molecular formula is C48H39N5O. The Morgan fingerprint density at radius 1 is 0.870 bits per heavy atom. The van der Waals surface area contributed by atoms with Crippen molar-refractivity contribution in [2.75, 3.05) is 4.90 Å². The molecule has 0 spiro atoms. The first-order valence-corrected chi connectivity index (χ1v) is 18.5. The zero-order valence-corrected chi connectivity index (χ0v) is 30.3. The number of furan rings is 1. The van der Waals surface area contributed by atoms with Gasteiger partial charge in [-0.15, -0.1) is 0 Å². The van der Waals surface area contributed by atoms with Crippen LogP contribution in [-0.4, -0.2) is 21.1 Å². The molecule has 9 rings (SSSR count). The number of rotatable bonds is 7. The summed E-state index contributed by atoms with van der Waals surface area (Å²) in [5.74, 6) is 1.75. The van der Waals surface area contributed by atoms with Crippen LogP contribution in [0.25, 0.3) is 44.7 Å². The number of hydrogen-bond acceptors (Lipinski definition) is 4. The number of nitrogens with zero attached hydrogens (tertiary/aromatic N) is 5. The summed E-state index contributed by atoms with van der Waals surface area (Å²) in [6.45, 7) is 4.69. The summed E-state index contributed by atoms with van der Waals surface area (Å²) in [6, 6.07) is 39.9. The molecule has 1 aliphatic carbocycles. The molecule has 3 heterocycles. The third-order valence-electron chi connectivity index (χ3n) is 10.0. The molecular weight excluding hydrogens is 663 g/mol. The van der Waals surface area contributed by atoms with E-state index in [9.17, 15) is 0 Å². The van der Waals surface area contributed by atoms with Crippen molar-refractivity contribution in [1.82, 2.24) is 9.55 Å². The fourth-order valence-electron chi connectivity index (χ4n) is 7.46. The molecule has 0 fully saturated rings. The van der Waals surface area contributed by atoms with Gasteiger partial charge in [0.2, 0.25) is 5.95 Å². The van der Waals surface area contributed by atoms with Crippen LogP contribution in [0.5, 0.6) is 0 Å². The molecule has 6 heteroatoms. The molecule has 262 valence electrons. The van der Waals surface area contributed by atoms with Crippen molar-refractivity contribution >= 4 is 73.6 Å². The molecule has 6 nitrogen and oxygen atoms in total. The van der Waals surface area contributed by atoms with Gasteiger partial charge in [0, 0.05) is 44.9 Å². The summed E-state index contributed by atoms with van der Waals surface area (Å²) in [7, 11) is 0. The van der Waals surface area contributed by atoms with Crippen molar-refractivity contribution in [2.45, 2.75) is 26.8 Å². The Morgan fingerprint density at radius 3 is 2.59 bits per heavy atom. The molecule has 0 N–H and O–H groups in total. The van der Waals surface area contributed by atoms with Gasteiger partial charge in [0.1, 0.15) is 17.0 Å². The lowest BCUT2D eigenvalue weighted by Gasteiger charge is -2.24. The minimum atomic E-state index is 0.106. The quantitative estimate of drug-likeness (QED) is 0.0944. The lowest BCUT2D eigenvalue weighted by Crippen LogP contribution is -2.14. The Labute approximate surface area is 314 Å². The lowest BCUT2D eigenvalue weighted by molar-refractivity contribution is 0.669. The van der Waals surface area contributed by atoms with Crippen molar-refractivity contribution in [3.05, 3.63) is 181 Å². The fourth-order valence-corrected chi connectivity index (χ4v) is 7.46. The third kappa shape index (κ3) is 6.11. The van der Waals surface area contributed by atoms with Gasteiger partial charge in [-0.2, -0.15) is 0 Å². The van der Waals surface area contributed by atoms with Crippen molar-refractivity contribution in [3.63, 3.8) is 0 Å². The van der Waals surface area contributed by atoms with Gasteiger partial charge >= 0.3 is 0 Å². The molecule has 0 saturated heterocycles. The van der Waals surface area contributed by atoms with E-state index in [4.69, 9.17) is 19.4 Å². The average Bonchev–Trinajstić information content (AvgIpc) is 3.75. The van der Waals surface area contributed by atoms with E-state index in [1.165, 1.54) is 0 Å². The van der Waals surface area contributed by atoms with E-state index in [1.54, 1.807) is 0 Å². The Hall–Kier alpha value is -6.79. The van der Waals surface area contributed by atoms with Crippen LogP contribution >= 0.6 is 0 Å². The molecule has 2 aromatic heterocycles. The van der Waals surface area contributed by atoms with Gasteiger partial charge in [-0.3, -0.25) is 14.5 Å². The van der Waals surface area contributed by atoms with E-state index < -0.39 is 0 Å². The Kier molecular flexibility index (Phi) is 8.77. The summed E-state index contributed by atoms with van der Waals surface area (Å²) >= 11 is 0. The molecule has 5 aromatic carbocycles. The summed E-state index contributed by atoms with van der Waals surface area (Å²) in [5, 5.41) is 2.04. The number of anilines is 3. The number of benzene rings is 5. The molecule has 0 saturated carbocycles. The maximum absolute atomic E-state index is 6.53. The maximum Gasteiger partial charge on any atom is 0.220 e. The average molecular weight is 702 g/mol. The van der Waals surface area contributed by atoms with Gasteiger partial charge in [-0.1, -0.05) is 115 Å². The van der Waals surface area contributed by atoms with Crippen LogP contribution < -0.4 is 4.90 Å². The lowest BCUT2D eigenvalue weighted by atomic mass is 9.98. The molecule has 1 unspecified atom stereocenters. The number of aliphatic imine (C=N–C) groups is 2. The zero-order chi connectivity index (χ0) is 36.4. The fraction of sp³-hybridized carbons (Fsp3) is 0.104. The van der Waals surface area contributed by atoms with Gasteiger partial charge in [-0.05, 0) is 80.4 Å². The normalized spacial score (nSPS) is 16.1. The topological polar surface area (TPSA) is 58.9 Å². The minimum Gasteiger partial charge on any atom is -0.456 e. The Bertz CT molecular complexity index is 2750. The van der Waals surface area contributed by atoms with Gasteiger partial charge in [-0.25, -0.2) is 9.98 Å². The maximum atomic E-state index is 6.53. The predicted molar refractivity (Wildman–Crippen MR) is 226 cm³/mol. The minimum absolute atomic E-state index is 0.106. The highest BCUT2D eigenvalue weighted by Gasteiger charge is 2.27. The smallest absolute Gasteiger partial charge is 0.220 e. The molecule has 2 aliphatic rings. The molecule has 1 aliphatic heterocycles. The van der Waals surface area contributed by atoms with Crippen LogP contribution in [0.3, 0.4) is 0 Å². The van der Waals surface area contributed by atoms with Crippen LogP contribution in [0, 0.1) is 5.92 Å². The van der Waals surface area contributed by atoms with E-state index in [2.05, 4.69) is 156 Å². The van der Waals surface area contributed by atoms with E-state index in [0.29, 0.717) is 6.54 Å². The van der Waals surface area contributed by atoms with Crippen molar-refractivity contribution < 1.29 is 4.42 Å². The summed E-state index contributed by atoms with van der Waals surface area (Å²) in [5.41, 5.74) is 10.8. The second-order valence-electron chi connectivity index (χ2n) is 13.6. The summed E-state index contributed by atoms with van der Waals surface area (Å²) < 4.78 is 8.78. The number of aromatic nitrogens is 2. The second kappa shape index (κ2) is 14.3. The first-order valence-electron chi connectivity index (χ1n) is 18.5. The molecule has 0 radical (unpaired) electrons. The van der Waals surface area contributed by atoms with Crippen LogP contribution in [0.4, 0.5) is 17.3 Å². The summed E-state index contributed by atoms with van der Waals surface area (Å²) in [6.07, 6.45) is 20.0. The molecule has 0 bridgehead atoms. The molecule has 54 heavy (non-hydrogen) atoms. The first kappa shape index (κ1) is 33.1. The van der Waals surface area contributed by atoms with Crippen LogP contribution in [0.2, 0.25) is 0 Å². The standard InChI is InChI=1S/C48H39N5O/c1-3-4-7-22-37-30-36-21-12-14-25-42(36)52(48-51-41-24-13-15-26-43(41)53(37)48)38-28-29-44-40(31-38)46-39(23-16-27-45(46)54-44)33(2)50-47(35-19-10-6-11-20-35)49-32-34-17-8-5-9-18-34/h3-19,21-31,35H,20,32H2,1-2H3/b4-3-,22-7-,49-47?,50-33?. The van der Waals surface area contributed by atoms with Crippen molar-refractivity contribution in [1.29, 1.82) is 0 Å². The highest BCUT2D eigenvalue weighted by molar-refractivity contribution is 6.20. The number of hydrogen-bond donors (Lipinski definition) is 0. The summed E-state index contributed by atoms with van der Waals surface area (Å²) in [4.78, 5) is 17.9. The van der Waals surface area contributed by atoms with Crippen molar-refractivity contribution in [2.24, 2.45) is 15.9 Å². The third-order valence-corrected chi connectivity index (χ3v) is 10.0. The molecule has 0 amide bonds. The SMILES string of the molecule is C/C=C\C=C/C1=Cc2ccccc2N(c2ccc3oc4cccc(C(C)=NC(=NCc5ccccc5)C5C=CC=CC5)c4c3c2)c2nc3ccccc3n21. The number of para-hydroxylation sites is 3. The largest absolute Gasteiger partial charge is 0.456 e.